The van der Waals surface area contributed by atoms with Crippen LogP contribution in [0.1, 0.15) is 24.1 Å². The fraction of sp³-hybridized carbons (Fsp3) is 0.312. The summed E-state index contributed by atoms with van der Waals surface area (Å²) in [6, 6.07) is 10.5. The Morgan fingerprint density at radius 3 is 2.55 bits per heavy atom. The molecular weight excluding hydrogens is 314 g/mol. The number of halogens is 1. The van der Waals surface area contributed by atoms with Gasteiger partial charge in [0.2, 0.25) is 0 Å². The lowest BCUT2D eigenvalue weighted by molar-refractivity contribution is 0.815. The van der Waals surface area contributed by atoms with Gasteiger partial charge in [-0.15, -0.1) is 0 Å². The molecule has 1 unspecified atom stereocenters. The maximum Gasteiger partial charge on any atom is 0.0508 e. The summed E-state index contributed by atoms with van der Waals surface area (Å²) >= 11 is 3.64. The van der Waals surface area contributed by atoms with E-state index >= 15 is 0 Å². The van der Waals surface area contributed by atoms with E-state index in [1.807, 2.05) is 19.3 Å². The van der Waals surface area contributed by atoms with Crippen LogP contribution in [0, 0.1) is 0 Å². The minimum Gasteiger partial charge on any atom is -0.373 e. The molecule has 1 aromatic carbocycles. The maximum atomic E-state index is 5.90. The molecule has 0 aliphatic heterocycles. The molecule has 0 radical (unpaired) electrons. The second kappa shape index (κ2) is 6.86. The number of nitrogens with two attached hydrogens (primary N) is 1. The molecule has 3 nitrogen and oxygen atoms in total. The monoisotopic (exact) mass is 333 g/mol. The first-order valence-electron chi connectivity index (χ1n) is 6.73. The summed E-state index contributed by atoms with van der Waals surface area (Å²) < 4.78 is 1.09. The second-order valence-electron chi connectivity index (χ2n) is 5.03. The van der Waals surface area contributed by atoms with Crippen LogP contribution in [0.2, 0.25) is 0 Å². The molecule has 2 rings (SSSR count). The van der Waals surface area contributed by atoms with Crippen molar-refractivity contribution in [1.29, 1.82) is 0 Å². The molecule has 2 N–H and O–H groups in total. The first kappa shape index (κ1) is 15.0. The highest BCUT2D eigenvalue weighted by molar-refractivity contribution is 9.10. The van der Waals surface area contributed by atoms with E-state index in [1.165, 1.54) is 11.3 Å². The molecule has 4 heteroatoms. The largest absolute Gasteiger partial charge is 0.373 e. The third kappa shape index (κ3) is 3.81. The molecular formula is C16H20BrN3. The van der Waals surface area contributed by atoms with Crippen molar-refractivity contribution in [3.63, 3.8) is 0 Å². The third-order valence-electron chi connectivity index (χ3n) is 3.39. The highest BCUT2D eigenvalue weighted by Gasteiger charge is 2.08. The lowest BCUT2D eigenvalue weighted by atomic mass is 10.1. The predicted molar refractivity (Wildman–Crippen MR) is 88.0 cm³/mol. The highest BCUT2D eigenvalue weighted by atomic mass is 79.9. The molecule has 0 fully saturated rings. The van der Waals surface area contributed by atoms with Gasteiger partial charge >= 0.3 is 0 Å². The second-order valence-corrected chi connectivity index (χ2v) is 5.88. The minimum atomic E-state index is 0.0578. The highest BCUT2D eigenvalue weighted by Crippen LogP contribution is 2.28. The van der Waals surface area contributed by atoms with Gasteiger partial charge in [0.25, 0.3) is 0 Å². The van der Waals surface area contributed by atoms with Crippen molar-refractivity contribution in [3.8, 4) is 0 Å². The Hall–Kier alpha value is -1.39. The fourth-order valence-corrected chi connectivity index (χ4v) is 2.78. The van der Waals surface area contributed by atoms with Crippen LogP contribution in [0.4, 0.5) is 5.69 Å². The summed E-state index contributed by atoms with van der Waals surface area (Å²) in [4.78, 5) is 6.28. The van der Waals surface area contributed by atoms with Gasteiger partial charge in [-0.3, -0.25) is 4.98 Å². The van der Waals surface area contributed by atoms with Crippen molar-refractivity contribution in [1.82, 2.24) is 4.98 Å². The average Bonchev–Trinajstić information content (AvgIpc) is 2.45. The summed E-state index contributed by atoms with van der Waals surface area (Å²) in [5.74, 6) is 0. The van der Waals surface area contributed by atoms with E-state index in [4.69, 9.17) is 5.73 Å². The molecule has 0 saturated heterocycles. The van der Waals surface area contributed by atoms with Crippen LogP contribution in [0.15, 0.2) is 47.2 Å². The lowest BCUT2D eigenvalue weighted by Gasteiger charge is -2.21. The number of nitrogens with zero attached hydrogens (tertiary/aromatic N) is 2. The number of rotatable bonds is 5. The Morgan fingerprint density at radius 2 is 1.95 bits per heavy atom. The number of hydrogen-bond acceptors (Lipinski definition) is 3. The van der Waals surface area contributed by atoms with Gasteiger partial charge in [-0.05, 0) is 64.7 Å². The zero-order valence-corrected chi connectivity index (χ0v) is 13.5. The van der Waals surface area contributed by atoms with Crippen LogP contribution in [0.3, 0.4) is 0 Å². The molecule has 2 aromatic rings. The first-order valence-corrected chi connectivity index (χ1v) is 7.52. The van der Waals surface area contributed by atoms with Crippen LogP contribution >= 0.6 is 15.9 Å². The molecule has 0 aliphatic carbocycles. The van der Waals surface area contributed by atoms with Crippen LogP contribution in [0.25, 0.3) is 0 Å². The molecule has 1 atom stereocenters. The lowest BCUT2D eigenvalue weighted by Crippen LogP contribution is -2.21. The van der Waals surface area contributed by atoms with E-state index in [2.05, 4.69) is 63.2 Å². The summed E-state index contributed by atoms with van der Waals surface area (Å²) in [7, 11) is 2.10. The Balaban J connectivity index is 2.04. The van der Waals surface area contributed by atoms with E-state index in [0.29, 0.717) is 0 Å². The van der Waals surface area contributed by atoms with Crippen LogP contribution in [-0.4, -0.2) is 18.6 Å². The fourth-order valence-electron chi connectivity index (χ4n) is 2.08. The molecule has 0 amide bonds. The topological polar surface area (TPSA) is 42.1 Å². The van der Waals surface area contributed by atoms with Gasteiger partial charge in [-0.2, -0.15) is 0 Å². The van der Waals surface area contributed by atoms with Gasteiger partial charge in [0.1, 0.15) is 0 Å². The van der Waals surface area contributed by atoms with Gasteiger partial charge in [0.15, 0.2) is 0 Å². The average molecular weight is 334 g/mol. The molecule has 1 heterocycles. The predicted octanol–water partition coefficient (Wildman–Crippen LogP) is 3.54. The van der Waals surface area contributed by atoms with Gasteiger partial charge in [0, 0.05) is 36.5 Å². The SMILES string of the molecule is CC(N)c1ccc(N(C)CCc2ccncc2)c(Br)c1. The van der Waals surface area contributed by atoms with Crippen molar-refractivity contribution < 1.29 is 0 Å². The van der Waals surface area contributed by atoms with Crippen molar-refractivity contribution >= 4 is 21.6 Å². The number of pyridine rings is 1. The number of likely N-dealkylation sites (N-methyl/N-ethyl adjacent to an activating group) is 1. The number of hydrogen-bond donors (Lipinski definition) is 1. The number of benzene rings is 1. The quantitative estimate of drug-likeness (QED) is 0.909. The Morgan fingerprint density at radius 1 is 1.25 bits per heavy atom. The first-order chi connectivity index (χ1) is 9.58. The molecule has 0 spiro atoms. The maximum absolute atomic E-state index is 5.90. The molecule has 0 aliphatic rings. The zero-order chi connectivity index (χ0) is 14.5. The van der Waals surface area contributed by atoms with Crippen LogP contribution in [0.5, 0.6) is 0 Å². The molecule has 106 valence electrons. The zero-order valence-electron chi connectivity index (χ0n) is 11.9. The van der Waals surface area contributed by atoms with Crippen LogP contribution in [-0.2, 0) is 6.42 Å². The van der Waals surface area contributed by atoms with Gasteiger partial charge in [0.05, 0.1) is 5.69 Å². The molecule has 0 bridgehead atoms. The summed E-state index contributed by atoms with van der Waals surface area (Å²) in [6.45, 7) is 2.95. The van der Waals surface area contributed by atoms with Crippen molar-refractivity contribution in [3.05, 3.63) is 58.3 Å². The van der Waals surface area contributed by atoms with Crippen molar-refractivity contribution in [2.45, 2.75) is 19.4 Å². The minimum absolute atomic E-state index is 0.0578. The van der Waals surface area contributed by atoms with Gasteiger partial charge in [-0.25, -0.2) is 0 Å². The molecule has 20 heavy (non-hydrogen) atoms. The van der Waals surface area contributed by atoms with E-state index in [-0.39, 0.29) is 6.04 Å². The summed E-state index contributed by atoms with van der Waals surface area (Å²) in [6.07, 6.45) is 4.67. The van der Waals surface area contributed by atoms with E-state index < -0.39 is 0 Å². The normalized spacial score (nSPS) is 12.2. The smallest absolute Gasteiger partial charge is 0.0508 e. The molecule has 1 aromatic heterocycles. The van der Waals surface area contributed by atoms with E-state index in [9.17, 15) is 0 Å². The van der Waals surface area contributed by atoms with Crippen molar-refractivity contribution in [2.24, 2.45) is 5.73 Å². The van der Waals surface area contributed by atoms with E-state index in [1.54, 1.807) is 0 Å². The van der Waals surface area contributed by atoms with Gasteiger partial charge < -0.3 is 10.6 Å². The third-order valence-corrected chi connectivity index (χ3v) is 4.03. The van der Waals surface area contributed by atoms with Crippen molar-refractivity contribution in [2.75, 3.05) is 18.5 Å². The Labute approximate surface area is 129 Å². The summed E-state index contributed by atoms with van der Waals surface area (Å²) in [5, 5.41) is 0. The van der Waals surface area contributed by atoms with E-state index in [0.717, 1.165) is 23.0 Å². The standard InChI is InChI=1S/C16H20BrN3/c1-12(18)14-3-4-16(15(17)11-14)20(2)10-7-13-5-8-19-9-6-13/h3-6,8-9,11-12H,7,10,18H2,1-2H3. The molecule has 0 saturated carbocycles. The number of aromatic nitrogens is 1. The van der Waals surface area contributed by atoms with Crippen LogP contribution < -0.4 is 10.6 Å². The van der Waals surface area contributed by atoms with Gasteiger partial charge in [-0.1, -0.05) is 6.07 Å². The number of anilines is 1. The Kier molecular flexibility index (Phi) is 5.15. The Bertz CT molecular complexity index is 555. The summed E-state index contributed by atoms with van der Waals surface area (Å²) in [5.41, 5.74) is 9.53.